The third kappa shape index (κ3) is 5.63. The van der Waals surface area contributed by atoms with Crippen molar-refractivity contribution in [3.8, 4) is 11.4 Å². The molecule has 0 spiro atoms. The maximum absolute atomic E-state index is 13.4. The van der Waals surface area contributed by atoms with Gasteiger partial charge in [0.05, 0.1) is 43.0 Å². The Hall–Kier alpha value is -2.41. The number of morpholine rings is 2. The Kier molecular flexibility index (Phi) is 8.13. The molecule has 0 N–H and O–H groups in total. The van der Waals surface area contributed by atoms with Crippen molar-refractivity contribution < 1.29 is 17.9 Å². The quantitative estimate of drug-likeness (QED) is 0.409. The lowest BCUT2D eigenvalue weighted by Crippen LogP contribution is -2.46. The molecular weight excluding hydrogens is 522 g/mol. The molecule has 2 saturated heterocycles. The lowest BCUT2D eigenvalue weighted by atomic mass is 10.1. The zero-order chi connectivity index (χ0) is 26.9. The number of hydrogen-bond donors (Lipinski definition) is 0. The van der Waals surface area contributed by atoms with Crippen molar-refractivity contribution in [1.29, 1.82) is 0 Å². The van der Waals surface area contributed by atoms with Gasteiger partial charge in [-0.1, -0.05) is 42.5 Å². The molecule has 1 aromatic heterocycles. The standard InChI is InChI=1S/C27H35N5O4S2/c1-20-17-29(18-21(2)36-20)19-31-27(37)32(22(3)23-8-5-4-6-9-23)26(28-31)24-10-7-11-25(16-24)38(33,34)30-12-14-35-15-13-30/h4-11,16,20-22H,12-15,17-19H2,1-3H3/t20-,21-,22+/m0/s1. The second-order valence-electron chi connectivity index (χ2n) is 10.0. The molecule has 2 aliphatic rings. The van der Waals surface area contributed by atoms with Crippen molar-refractivity contribution in [1.82, 2.24) is 23.6 Å². The SMILES string of the molecule is C[C@H](c1ccccc1)n1c(-c2cccc(S(=O)(=O)N3CCOCC3)c2)nn(CN2C[C@H](C)O[C@@H](C)C2)c1=S. The minimum Gasteiger partial charge on any atom is -0.379 e. The van der Waals surface area contributed by atoms with Crippen molar-refractivity contribution in [2.75, 3.05) is 39.4 Å². The van der Waals surface area contributed by atoms with E-state index in [9.17, 15) is 8.42 Å². The number of nitrogens with zero attached hydrogens (tertiary/aromatic N) is 5. The first-order chi connectivity index (χ1) is 18.2. The molecular formula is C27H35N5O4S2. The van der Waals surface area contributed by atoms with Gasteiger partial charge in [-0.05, 0) is 50.7 Å². The molecule has 0 bridgehead atoms. The van der Waals surface area contributed by atoms with E-state index in [1.807, 2.05) is 33.5 Å². The second-order valence-corrected chi connectivity index (χ2v) is 12.3. The van der Waals surface area contributed by atoms with Gasteiger partial charge in [-0.2, -0.15) is 9.40 Å². The number of aromatic nitrogens is 3. The molecule has 3 aromatic rings. The van der Waals surface area contributed by atoms with Gasteiger partial charge in [-0.25, -0.2) is 13.1 Å². The predicted octanol–water partition coefficient (Wildman–Crippen LogP) is 3.78. The lowest BCUT2D eigenvalue weighted by molar-refractivity contribution is -0.0777. The molecule has 204 valence electrons. The van der Waals surface area contributed by atoms with Gasteiger partial charge in [-0.3, -0.25) is 9.47 Å². The third-order valence-corrected chi connectivity index (χ3v) is 9.37. The third-order valence-electron chi connectivity index (χ3n) is 7.07. The van der Waals surface area contributed by atoms with Crippen LogP contribution >= 0.6 is 12.2 Å². The predicted molar refractivity (Wildman–Crippen MR) is 148 cm³/mol. The molecule has 0 unspecified atom stereocenters. The highest BCUT2D eigenvalue weighted by molar-refractivity contribution is 7.89. The molecule has 3 atom stereocenters. The topological polar surface area (TPSA) is 81.8 Å². The fraction of sp³-hybridized carbons (Fsp3) is 0.481. The van der Waals surface area contributed by atoms with Crippen LogP contribution in [0.3, 0.4) is 0 Å². The van der Waals surface area contributed by atoms with Crippen molar-refractivity contribution in [3.63, 3.8) is 0 Å². The Balaban J connectivity index is 1.56. The minimum atomic E-state index is -3.65. The molecule has 5 rings (SSSR count). The van der Waals surface area contributed by atoms with Crippen LogP contribution in [0.1, 0.15) is 32.4 Å². The molecule has 9 nitrogen and oxygen atoms in total. The first-order valence-electron chi connectivity index (χ1n) is 13.0. The average molecular weight is 558 g/mol. The van der Waals surface area contributed by atoms with Gasteiger partial charge in [0, 0.05) is 31.7 Å². The number of hydrogen-bond acceptors (Lipinski definition) is 7. The van der Waals surface area contributed by atoms with Crippen molar-refractivity contribution in [3.05, 3.63) is 64.9 Å². The second kappa shape index (κ2) is 11.4. The van der Waals surface area contributed by atoms with E-state index in [0.717, 1.165) is 18.7 Å². The van der Waals surface area contributed by atoms with E-state index in [2.05, 4.69) is 37.8 Å². The van der Waals surface area contributed by atoms with Crippen LogP contribution in [-0.4, -0.2) is 83.6 Å². The van der Waals surface area contributed by atoms with E-state index in [-0.39, 0.29) is 23.1 Å². The zero-order valence-electron chi connectivity index (χ0n) is 22.1. The van der Waals surface area contributed by atoms with Gasteiger partial charge in [-0.15, -0.1) is 0 Å². The van der Waals surface area contributed by atoms with Crippen LogP contribution in [0.4, 0.5) is 0 Å². The normalized spacial score (nSPS) is 22.4. The Bertz CT molecular complexity index is 1410. The number of rotatable bonds is 7. The van der Waals surface area contributed by atoms with Crippen LogP contribution in [-0.2, 0) is 26.2 Å². The molecule has 11 heteroatoms. The molecule has 0 amide bonds. The van der Waals surface area contributed by atoms with Crippen LogP contribution in [0.15, 0.2) is 59.5 Å². The molecule has 2 aliphatic heterocycles. The van der Waals surface area contributed by atoms with Gasteiger partial charge in [0.15, 0.2) is 10.6 Å². The van der Waals surface area contributed by atoms with Crippen molar-refractivity contribution >= 4 is 22.2 Å². The van der Waals surface area contributed by atoms with Crippen LogP contribution < -0.4 is 0 Å². The number of benzene rings is 2. The lowest BCUT2D eigenvalue weighted by Gasteiger charge is -2.34. The summed E-state index contributed by atoms with van der Waals surface area (Å²) in [7, 11) is -3.65. The summed E-state index contributed by atoms with van der Waals surface area (Å²) in [4.78, 5) is 2.54. The van der Waals surface area contributed by atoms with E-state index in [4.69, 9.17) is 26.8 Å². The average Bonchev–Trinajstić information content (AvgIpc) is 3.24. The number of ether oxygens (including phenoxy) is 2. The highest BCUT2D eigenvalue weighted by Crippen LogP contribution is 2.29. The van der Waals surface area contributed by atoms with Crippen molar-refractivity contribution in [2.45, 2.75) is 50.6 Å². The summed E-state index contributed by atoms with van der Waals surface area (Å²) in [6, 6.07) is 17.0. The molecule has 0 radical (unpaired) electrons. The molecule has 0 aliphatic carbocycles. The maximum Gasteiger partial charge on any atom is 0.243 e. The van der Waals surface area contributed by atoms with Gasteiger partial charge in [0.2, 0.25) is 10.0 Å². The molecule has 2 aromatic carbocycles. The first kappa shape index (κ1) is 27.2. The largest absolute Gasteiger partial charge is 0.379 e. The molecule has 3 heterocycles. The van der Waals surface area contributed by atoms with Crippen LogP contribution in [0.25, 0.3) is 11.4 Å². The fourth-order valence-electron chi connectivity index (χ4n) is 5.26. The Morgan fingerprint density at radius 1 is 1.03 bits per heavy atom. The summed E-state index contributed by atoms with van der Waals surface area (Å²) in [5.41, 5.74) is 1.80. The number of sulfonamides is 1. The van der Waals surface area contributed by atoms with Gasteiger partial charge >= 0.3 is 0 Å². The zero-order valence-corrected chi connectivity index (χ0v) is 23.7. The van der Waals surface area contributed by atoms with E-state index in [1.54, 1.807) is 18.2 Å². The highest BCUT2D eigenvalue weighted by atomic mass is 32.2. The van der Waals surface area contributed by atoms with Crippen LogP contribution in [0.5, 0.6) is 0 Å². The molecule has 0 saturated carbocycles. The molecule has 38 heavy (non-hydrogen) atoms. The van der Waals surface area contributed by atoms with Gasteiger partial charge < -0.3 is 9.47 Å². The summed E-state index contributed by atoms with van der Waals surface area (Å²) in [5, 5.41) is 4.97. The van der Waals surface area contributed by atoms with E-state index in [1.165, 1.54) is 4.31 Å². The summed E-state index contributed by atoms with van der Waals surface area (Å²) in [6.07, 6.45) is 0.250. The van der Waals surface area contributed by atoms with Crippen LogP contribution in [0, 0.1) is 4.77 Å². The van der Waals surface area contributed by atoms with Crippen molar-refractivity contribution in [2.24, 2.45) is 0 Å². The summed E-state index contributed by atoms with van der Waals surface area (Å²) in [5.74, 6) is 0.639. The van der Waals surface area contributed by atoms with Gasteiger partial charge in [0.1, 0.15) is 0 Å². The first-order valence-corrected chi connectivity index (χ1v) is 14.9. The Morgan fingerprint density at radius 3 is 2.39 bits per heavy atom. The van der Waals surface area contributed by atoms with E-state index >= 15 is 0 Å². The summed E-state index contributed by atoms with van der Waals surface area (Å²) in [6.45, 7) is 9.83. The smallest absolute Gasteiger partial charge is 0.243 e. The van der Waals surface area contributed by atoms with Gasteiger partial charge in [0.25, 0.3) is 0 Å². The summed E-state index contributed by atoms with van der Waals surface area (Å²) < 4.78 is 44.0. The fourth-order valence-corrected chi connectivity index (χ4v) is 7.06. The van der Waals surface area contributed by atoms with E-state index in [0.29, 0.717) is 49.1 Å². The highest BCUT2D eigenvalue weighted by Gasteiger charge is 2.28. The Morgan fingerprint density at radius 2 is 1.71 bits per heavy atom. The Labute approximate surface area is 229 Å². The minimum absolute atomic E-state index is 0.102. The monoisotopic (exact) mass is 557 g/mol. The van der Waals surface area contributed by atoms with Crippen LogP contribution in [0.2, 0.25) is 0 Å². The summed E-state index contributed by atoms with van der Waals surface area (Å²) >= 11 is 5.99. The van der Waals surface area contributed by atoms with E-state index < -0.39 is 10.0 Å². The molecule has 2 fully saturated rings. The maximum atomic E-state index is 13.4.